The van der Waals surface area contributed by atoms with Crippen molar-refractivity contribution in [3.8, 4) is 33.8 Å². The first kappa shape index (κ1) is 33.9. The van der Waals surface area contributed by atoms with Crippen molar-refractivity contribution in [3.63, 3.8) is 0 Å². The maximum absolute atomic E-state index is 12.1. The molecule has 53 heavy (non-hydrogen) atoms. The van der Waals surface area contributed by atoms with Gasteiger partial charge in [-0.25, -0.2) is 9.97 Å². The van der Waals surface area contributed by atoms with Crippen LogP contribution in [0.25, 0.3) is 50.0 Å². The second-order valence-corrected chi connectivity index (χ2v) is 15.8. The zero-order valence-electron chi connectivity index (χ0n) is 31.2. The van der Waals surface area contributed by atoms with E-state index in [9.17, 15) is 5.11 Å². The van der Waals surface area contributed by atoms with E-state index in [0.29, 0.717) is 0 Å². The highest BCUT2D eigenvalue weighted by molar-refractivity contribution is 6.08. The molecule has 8 rings (SSSR count). The minimum absolute atomic E-state index is 0.133. The summed E-state index contributed by atoms with van der Waals surface area (Å²) < 4.78 is 2.15. The number of hydrogen-bond donors (Lipinski definition) is 1. The van der Waals surface area contributed by atoms with E-state index in [1.165, 1.54) is 0 Å². The Kier molecular flexibility index (Phi) is 8.38. The second-order valence-electron chi connectivity index (χ2n) is 15.8. The number of rotatable bonds is 6. The summed E-state index contributed by atoms with van der Waals surface area (Å²) in [6.45, 7) is 13.1. The van der Waals surface area contributed by atoms with Gasteiger partial charge in [-0.05, 0) is 94.3 Å². The molecule has 0 atom stereocenters. The van der Waals surface area contributed by atoms with E-state index in [2.05, 4.69) is 166 Å². The Morgan fingerprint density at radius 2 is 1.25 bits per heavy atom. The second kappa shape index (κ2) is 13.1. The molecule has 0 bridgehead atoms. The lowest BCUT2D eigenvalue weighted by atomic mass is 9.79. The molecule has 0 radical (unpaired) electrons. The number of hydrogen-bond acceptors (Lipinski definition) is 4. The third kappa shape index (κ3) is 6.33. The first-order valence-electron chi connectivity index (χ1n) is 18.2. The molecule has 0 saturated heterocycles. The quantitative estimate of drug-likeness (QED) is 0.188. The molecule has 1 N–H and O–H groups in total. The Morgan fingerprint density at radius 3 is 1.94 bits per heavy atom. The molecule has 0 saturated carbocycles. The van der Waals surface area contributed by atoms with E-state index >= 15 is 0 Å². The number of aromatic nitrogens is 3. The molecule has 5 heteroatoms. The lowest BCUT2D eigenvalue weighted by Crippen LogP contribution is -2.18. The Morgan fingerprint density at radius 1 is 0.566 bits per heavy atom. The van der Waals surface area contributed by atoms with Crippen LogP contribution in [0.2, 0.25) is 0 Å². The van der Waals surface area contributed by atoms with Crippen molar-refractivity contribution in [1.29, 1.82) is 0 Å². The molecule has 8 aromatic rings. The molecule has 0 amide bonds. The van der Waals surface area contributed by atoms with E-state index in [1.807, 2.05) is 36.5 Å². The fourth-order valence-electron chi connectivity index (χ4n) is 7.20. The van der Waals surface area contributed by atoms with Gasteiger partial charge in [-0.2, -0.15) is 0 Å². The average Bonchev–Trinajstić information content (AvgIpc) is 3.49. The van der Waals surface area contributed by atoms with Crippen LogP contribution in [0.15, 0.2) is 152 Å². The predicted molar refractivity (Wildman–Crippen MR) is 221 cm³/mol. The Hall–Kier alpha value is -6.20. The summed E-state index contributed by atoms with van der Waals surface area (Å²) >= 11 is 0. The van der Waals surface area contributed by atoms with Gasteiger partial charge >= 0.3 is 0 Å². The first-order chi connectivity index (χ1) is 25.5. The summed E-state index contributed by atoms with van der Waals surface area (Å²) in [5.41, 5.74) is 10.2. The van der Waals surface area contributed by atoms with Gasteiger partial charge in [0.15, 0.2) is 0 Å². The molecule has 0 spiro atoms. The topological polar surface area (TPSA) is 54.2 Å². The lowest BCUT2D eigenvalue weighted by molar-refractivity contribution is 0.442. The number of aromatic hydroxyl groups is 1. The maximum atomic E-state index is 12.1. The summed E-state index contributed by atoms with van der Waals surface area (Å²) in [4.78, 5) is 12.5. The molecule has 3 heterocycles. The van der Waals surface area contributed by atoms with Crippen molar-refractivity contribution in [3.05, 3.63) is 163 Å². The maximum Gasteiger partial charge on any atom is 0.146 e. The Balaban J connectivity index is 1.41. The first-order valence-corrected chi connectivity index (χ1v) is 18.2. The van der Waals surface area contributed by atoms with Gasteiger partial charge in [0, 0.05) is 39.5 Å². The molecule has 0 fully saturated rings. The molecule has 5 nitrogen and oxygen atoms in total. The van der Waals surface area contributed by atoms with Gasteiger partial charge in [-0.15, -0.1) is 0 Å². The number of phenolic OH excluding ortho intramolecular Hbond substituents is 1. The summed E-state index contributed by atoms with van der Waals surface area (Å²) in [6.07, 6.45) is 1.83. The number of pyridine rings is 2. The van der Waals surface area contributed by atoms with Crippen LogP contribution in [-0.4, -0.2) is 19.6 Å². The third-order valence-corrected chi connectivity index (χ3v) is 10.00. The molecule has 0 aliphatic rings. The van der Waals surface area contributed by atoms with Crippen LogP contribution in [0.3, 0.4) is 0 Å². The number of para-hydroxylation sites is 2. The van der Waals surface area contributed by atoms with Crippen molar-refractivity contribution in [2.24, 2.45) is 0 Å². The van der Waals surface area contributed by atoms with Gasteiger partial charge < -0.3 is 5.11 Å². The molecule has 5 aromatic carbocycles. The standard InChI is InChI=1S/C48H44N4O/c1-47(2,3)35-30-40(48(4,5)6)45(53)43(31-35)52-42-22-14-13-21-38(42)39-24-25-41(50-46(39)52)34-27-33(32-17-9-7-10-18-32)28-37(29-34)51(36-19-11-8-12-20-36)44-23-15-16-26-49-44/h7-31,53H,1-6H3. The van der Waals surface area contributed by atoms with Gasteiger partial charge in [-0.1, -0.05) is 120 Å². The summed E-state index contributed by atoms with van der Waals surface area (Å²) in [5.74, 6) is 1.10. The summed E-state index contributed by atoms with van der Waals surface area (Å²) in [5, 5.41) is 14.2. The fourth-order valence-corrected chi connectivity index (χ4v) is 7.20. The number of fused-ring (bicyclic) bond motifs is 3. The van der Waals surface area contributed by atoms with E-state index in [4.69, 9.17) is 9.97 Å². The molecule has 3 aromatic heterocycles. The SMILES string of the molecule is CC(C)(C)c1cc(-n2c3ccccc3c3ccc(-c4cc(-c5ccccc5)cc(N(c5ccccc5)c5ccccn5)c4)nc32)c(O)c(C(C)(C)C)c1. The van der Waals surface area contributed by atoms with Crippen LogP contribution >= 0.6 is 0 Å². The van der Waals surface area contributed by atoms with Crippen LogP contribution in [0.4, 0.5) is 17.2 Å². The number of benzene rings is 5. The van der Waals surface area contributed by atoms with Crippen LogP contribution in [0, 0.1) is 0 Å². The summed E-state index contributed by atoms with van der Waals surface area (Å²) in [7, 11) is 0. The largest absolute Gasteiger partial charge is 0.505 e. The minimum atomic E-state index is -0.274. The Labute approximate surface area is 311 Å². The van der Waals surface area contributed by atoms with Gasteiger partial charge in [0.25, 0.3) is 0 Å². The highest BCUT2D eigenvalue weighted by Gasteiger charge is 2.27. The molecular weight excluding hydrogens is 649 g/mol. The van der Waals surface area contributed by atoms with Crippen LogP contribution < -0.4 is 4.90 Å². The predicted octanol–water partition coefficient (Wildman–Crippen LogP) is 12.7. The molecule has 0 aliphatic heterocycles. The Bertz CT molecular complexity index is 2540. The fraction of sp³-hybridized carbons (Fsp3) is 0.167. The van der Waals surface area contributed by atoms with E-state index in [1.54, 1.807) is 0 Å². The van der Waals surface area contributed by atoms with Crippen molar-refractivity contribution in [1.82, 2.24) is 14.5 Å². The van der Waals surface area contributed by atoms with E-state index in [0.717, 1.165) is 78.3 Å². The monoisotopic (exact) mass is 692 g/mol. The average molecular weight is 693 g/mol. The third-order valence-electron chi connectivity index (χ3n) is 10.00. The normalized spacial score (nSPS) is 12.0. The van der Waals surface area contributed by atoms with Crippen molar-refractivity contribution in [2.75, 3.05) is 4.90 Å². The molecule has 0 aliphatic carbocycles. The smallest absolute Gasteiger partial charge is 0.146 e. The number of phenols is 1. The highest BCUT2D eigenvalue weighted by Crippen LogP contribution is 2.44. The zero-order valence-corrected chi connectivity index (χ0v) is 31.2. The number of anilines is 3. The van der Waals surface area contributed by atoms with Crippen molar-refractivity contribution >= 4 is 39.1 Å². The van der Waals surface area contributed by atoms with E-state index in [-0.39, 0.29) is 16.6 Å². The van der Waals surface area contributed by atoms with Gasteiger partial charge in [0.2, 0.25) is 0 Å². The lowest BCUT2D eigenvalue weighted by Gasteiger charge is -2.28. The zero-order chi connectivity index (χ0) is 36.9. The van der Waals surface area contributed by atoms with Crippen molar-refractivity contribution in [2.45, 2.75) is 52.4 Å². The molecule has 262 valence electrons. The molecular formula is C48H44N4O. The van der Waals surface area contributed by atoms with Crippen molar-refractivity contribution < 1.29 is 5.11 Å². The van der Waals surface area contributed by atoms with Crippen LogP contribution in [0.5, 0.6) is 5.75 Å². The van der Waals surface area contributed by atoms with Gasteiger partial charge in [0.05, 0.1) is 16.9 Å². The molecule has 0 unspecified atom stereocenters. The van der Waals surface area contributed by atoms with Crippen LogP contribution in [0.1, 0.15) is 52.7 Å². The summed E-state index contributed by atoms with van der Waals surface area (Å²) in [6, 6.07) is 50.4. The highest BCUT2D eigenvalue weighted by atomic mass is 16.3. The van der Waals surface area contributed by atoms with E-state index < -0.39 is 0 Å². The number of nitrogens with zero attached hydrogens (tertiary/aromatic N) is 4. The van der Waals surface area contributed by atoms with Crippen LogP contribution in [-0.2, 0) is 10.8 Å². The van der Waals surface area contributed by atoms with Gasteiger partial charge in [-0.3, -0.25) is 9.47 Å². The van der Waals surface area contributed by atoms with Gasteiger partial charge in [0.1, 0.15) is 17.2 Å². The minimum Gasteiger partial charge on any atom is -0.505 e.